The zero-order valence-corrected chi connectivity index (χ0v) is 11.2. The molecule has 4 nitrogen and oxygen atoms in total. The van der Waals surface area contributed by atoms with Crippen LogP contribution in [0.4, 0.5) is 13.2 Å². The maximum atomic E-state index is 13.1. The fraction of sp³-hybridized carbons (Fsp3) is 0.615. The monoisotopic (exact) mass is 291 g/mol. The topological polar surface area (TPSA) is 40.6 Å². The van der Waals surface area contributed by atoms with Crippen molar-refractivity contribution in [3.05, 3.63) is 29.1 Å². The number of hydrogen-bond donors (Lipinski definition) is 0. The molecule has 1 aliphatic rings. The summed E-state index contributed by atoms with van der Waals surface area (Å²) in [7, 11) is 0. The van der Waals surface area contributed by atoms with Crippen molar-refractivity contribution in [2.45, 2.75) is 32.4 Å². The van der Waals surface area contributed by atoms with Crippen molar-refractivity contribution in [3.8, 4) is 0 Å². The Morgan fingerprint density at radius 3 is 2.60 bits per heavy atom. The molecule has 1 aromatic heterocycles. The normalized spacial score (nSPS) is 18.4. The standard InChI is InChI=1S/C13H16F3NO3/c1-3-18-8(2)9-6-10(13(14,15)16)11(17-7-9)12-19-4-5-20-12/h6-8,12H,3-5H2,1-2H3. The van der Waals surface area contributed by atoms with Gasteiger partial charge in [0.05, 0.1) is 24.9 Å². The van der Waals surface area contributed by atoms with Crippen LogP contribution in [0, 0.1) is 0 Å². The molecule has 0 saturated carbocycles. The highest BCUT2D eigenvalue weighted by Crippen LogP contribution is 2.37. The van der Waals surface area contributed by atoms with E-state index >= 15 is 0 Å². The van der Waals surface area contributed by atoms with Gasteiger partial charge in [-0.1, -0.05) is 0 Å². The highest BCUT2D eigenvalue weighted by atomic mass is 19.4. The van der Waals surface area contributed by atoms with Gasteiger partial charge in [0, 0.05) is 12.8 Å². The number of rotatable bonds is 4. The maximum absolute atomic E-state index is 13.1. The van der Waals surface area contributed by atoms with Gasteiger partial charge in [0.15, 0.2) is 0 Å². The molecular weight excluding hydrogens is 275 g/mol. The van der Waals surface area contributed by atoms with Gasteiger partial charge in [0.25, 0.3) is 0 Å². The second kappa shape index (κ2) is 6.07. The van der Waals surface area contributed by atoms with Gasteiger partial charge in [-0.05, 0) is 25.5 Å². The van der Waals surface area contributed by atoms with Gasteiger partial charge >= 0.3 is 6.18 Å². The molecule has 20 heavy (non-hydrogen) atoms. The Balaban J connectivity index is 2.37. The third-order valence-electron chi connectivity index (χ3n) is 2.98. The molecule has 0 aromatic carbocycles. The van der Waals surface area contributed by atoms with Gasteiger partial charge in [-0.15, -0.1) is 0 Å². The summed E-state index contributed by atoms with van der Waals surface area (Å²) in [6.45, 7) is 4.41. The molecule has 7 heteroatoms. The van der Waals surface area contributed by atoms with Crippen LogP contribution in [-0.4, -0.2) is 24.8 Å². The van der Waals surface area contributed by atoms with E-state index in [0.29, 0.717) is 12.2 Å². The zero-order chi connectivity index (χ0) is 14.8. The van der Waals surface area contributed by atoms with E-state index < -0.39 is 24.1 Å². The molecule has 1 aliphatic heterocycles. The Morgan fingerprint density at radius 2 is 2.05 bits per heavy atom. The molecule has 1 fully saturated rings. The lowest BCUT2D eigenvalue weighted by molar-refractivity contribution is -0.143. The first-order chi connectivity index (χ1) is 9.43. The number of alkyl halides is 3. The fourth-order valence-electron chi connectivity index (χ4n) is 1.99. The first kappa shape index (κ1) is 15.2. The first-order valence-corrected chi connectivity index (χ1v) is 6.35. The van der Waals surface area contributed by atoms with Gasteiger partial charge in [-0.25, -0.2) is 0 Å². The zero-order valence-electron chi connectivity index (χ0n) is 11.2. The minimum absolute atomic E-state index is 0.234. The van der Waals surface area contributed by atoms with Gasteiger partial charge < -0.3 is 14.2 Å². The van der Waals surface area contributed by atoms with Crippen LogP contribution < -0.4 is 0 Å². The van der Waals surface area contributed by atoms with Crippen LogP contribution in [0.15, 0.2) is 12.3 Å². The Hall–Kier alpha value is -1.18. The van der Waals surface area contributed by atoms with Crippen molar-refractivity contribution in [2.75, 3.05) is 19.8 Å². The largest absolute Gasteiger partial charge is 0.418 e. The molecule has 1 aromatic rings. The molecular formula is C13H16F3NO3. The molecule has 0 radical (unpaired) electrons. The summed E-state index contributed by atoms with van der Waals surface area (Å²) in [5.74, 6) is 0. The smallest absolute Gasteiger partial charge is 0.374 e. The summed E-state index contributed by atoms with van der Waals surface area (Å²) in [6, 6.07) is 1.05. The highest BCUT2D eigenvalue weighted by Gasteiger charge is 2.38. The molecule has 2 heterocycles. The molecule has 2 rings (SSSR count). The highest BCUT2D eigenvalue weighted by molar-refractivity contribution is 5.30. The predicted molar refractivity (Wildman–Crippen MR) is 63.9 cm³/mol. The summed E-state index contributed by atoms with van der Waals surface area (Å²) in [6.07, 6.45) is -4.65. The van der Waals surface area contributed by atoms with Gasteiger partial charge in [-0.3, -0.25) is 4.98 Å². The van der Waals surface area contributed by atoms with Crippen LogP contribution in [0.3, 0.4) is 0 Å². The Kier molecular flexibility index (Phi) is 4.62. The first-order valence-electron chi connectivity index (χ1n) is 6.35. The van der Waals surface area contributed by atoms with Crippen molar-refractivity contribution >= 4 is 0 Å². The van der Waals surface area contributed by atoms with E-state index in [1.807, 2.05) is 0 Å². The number of nitrogens with zero attached hydrogens (tertiary/aromatic N) is 1. The van der Waals surface area contributed by atoms with E-state index in [1.54, 1.807) is 13.8 Å². The average molecular weight is 291 g/mol. The lowest BCUT2D eigenvalue weighted by Gasteiger charge is -2.19. The Morgan fingerprint density at radius 1 is 1.40 bits per heavy atom. The molecule has 0 bridgehead atoms. The van der Waals surface area contributed by atoms with Crippen LogP contribution in [-0.2, 0) is 20.4 Å². The fourth-order valence-corrected chi connectivity index (χ4v) is 1.99. The molecule has 1 atom stereocenters. The predicted octanol–water partition coefficient (Wildman–Crippen LogP) is 3.24. The number of ether oxygens (including phenoxy) is 3. The van der Waals surface area contributed by atoms with Gasteiger partial charge in [0.1, 0.15) is 5.69 Å². The number of aromatic nitrogens is 1. The quantitative estimate of drug-likeness (QED) is 0.854. The van der Waals surface area contributed by atoms with E-state index in [0.717, 1.165) is 6.07 Å². The van der Waals surface area contributed by atoms with Gasteiger partial charge in [-0.2, -0.15) is 13.2 Å². The minimum Gasteiger partial charge on any atom is -0.374 e. The molecule has 0 spiro atoms. The third-order valence-corrected chi connectivity index (χ3v) is 2.98. The second-order valence-electron chi connectivity index (χ2n) is 4.37. The molecule has 0 N–H and O–H groups in total. The van der Waals surface area contributed by atoms with Crippen molar-refractivity contribution in [2.24, 2.45) is 0 Å². The van der Waals surface area contributed by atoms with Crippen molar-refractivity contribution in [1.29, 1.82) is 0 Å². The molecule has 1 saturated heterocycles. The minimum atomic E-state index is -4.51. The lowest BCUT2D eigenvalue weighted by atomic mass is 10.1. The molecule has 0 aliphatic carbocycles. The Bertz CT molecular complexity index is 459. The maximum Gasteiger partial charge on any atom is 0.418 e. The van der Waals surface area contributed by atoms with E-state index in [1.165, 1.54) is 6.20 Å². The number of pyridine rings is 1. The van der Waals surface area contributed by atoms with Crippen LogP contribution in [0.5, 0.6) is 0 Å². The Labute approximate surface area is 114 Å². The van der Waals surface area contributed by atoms with Crippen molar-refractivity contribution in [1.82, 2.24) is 4.98 Å². The van der Waals surface area contributed by atoms with Crippen LogP contribution in [0.2, 0.25) is 0 Å². The summed E-state index contributed by atoms with van der Waals surface area (Å²) in [4.78, 5) is 3.88. The summed E-state index contributed by atoms with van der Waals surface area (Å²) >= 11 is 0. The van der Waals surface area contributed by atoms with E-state index in [9.17, 15) is 13.2 Å². The lowest BCUT2D eigenvalue weighted by Crippen LogP contribution is -2.16. The van der Waals surface area contributed by atoms with Crippen molar-refractivity contribution in [3.63, 3.8) is 0 Å². The molecule has 112 valence electrons. The third kappa shape index (κ3) is 3.28. The summed E-state index contributed by atoms with van der Waals surface area (Å²) < 4.78 is 54.9. The molecule has 1 unspecified atom stereocenters. The summed E-state index contributed by atoms with van der Waals surface area (Å²) in [5.41, 5.74) is -0.697. The number of halogens is 3. The second-order valence-corrected chi connectivity index (χ2v) is 4.37. The van der Waals surface area contributed by atoms with E-state index in [-0.39, 0.29) is 18.9 Å². The van der Waals surface area contributed by atoms with E-state index in [4.69, 9.17) is 14.2 Å². The summed E-state index contributed by atoms with van der Waals surface area (Å²) in [5, 5.41) is 0. The van der Waals surface area contributed by atoms with Crippen LogP contribution in [0.25, 0.3) is 0 Å². The van der Waals surface area contributed by atoms with Gasteiger partial charge in [0.2, 0.25) is 6.29 Å². The molecule has 0 amide bonds. The average Bonchev–Trinajstić information content (AvgIpc) is 2.91. The number of hydrogen-bond acceptors (Lipinski definition) is 4. The van der Waals surface area contributed by atoms with Crippen molar-refractivity contribution < 1.29 is 27.4 Å². The van der Waals surface area contributed by atoms with Crippen LogP contribution in [0.1, 0.15) is 43.1 Å². The SMILES string of the molecule is CCOC(C)c1cnc(C2OCCO2)c(C(F)(F)F)c1. The van der Waals surface area contributed by atoms with E-state index in [2.05, 4.69) is 4.98 Å². The van der Waals surface area contributed by atoms with Crippen LogP contribution >= 0.6 is 0 Å².